The summed E-state index contributed by atoms with van der Waals surface area (Å²) in [5.41, 5.74) is 8.97. The summed E-state index contributed by atoms with van der Waals surface area (Å²) in [4.78, 5) is 2.65. The number of hydrogen-bond donors (Lipinski definition) is 0. The Balaban J connectivity index is 1.86. The highest BCUT2D eigenvalue weighted by Gasteiger charge is 2.13. The second kappa shape index (κ2) is 8.60. The second-order valence-electron chi connectivity index (χ2n) is 4.31. The number of anilines is 1. The second-order valence-corrected chi connectivity index (χ2v) is 4.31. The summed E-state index contributed by atoms with van der Waals surface area (Å²) in [6, 6.07) is 7.58. The summed E-state index contributed by atoms with van der Waals surface area (Å²) >= 11 is 0. The number of ether oxygens (including phenoxy) is 2. The van der Waals surface area contributed by atoms with E-state index in [0.717, 1.165) is 5.69 Å². The van der Waals surface area contributed by atoms with Crippen LogP contribution in [-0.4, -0.2) is 38.9 Å². The molecule has 2 rings (SSSR count). The minimum Gasteiger partial charge on any atom is -0.489 e. The van der Waals surface area contributed by atoms with Crippen LogP contribution in [0.1, 0.15) is 6.92 Å². The van der Waals surface area contributed by atoms with Gasteiger partial charge >= 0.3 is 0 Å². The van der Waals surface area contributed by atoms with E-state index >= 15 is 0 Å². The maximum atomic E-state index is 8.14. The fourth-order valence-electron chi connectivity index (χ4n) is 1.81. The monoisotopic (exact) mass is 303 g/mol. The SMILES string of the molecule is CC1=NN(c2ccccc2OCCOCCN=[N+]=[N-])CN=N1. The molecule has 1 aliphatic rings. The Morgan fingerprint density at radius 1 is 1.32 bits per heavy atom. The van der Waals surface area contributed by atoms with Gasteiger partial charge in [0.15, 0.2) is 12.5 Å². The molecular weight excluding hydrogens is 286 g/mol. The fourth-order valence-corrected chi connectivity index (χ4v) is 1.81. The van der Waals surface area contributed by atoms with E-state index in [2.05, 4.69) is 25.4 Å². The van der Waals surface area contributed by atoms with Gasteiger partial charge in [-0.2, -0.15) is 10.2 Å². The summed E-state index contributed by atoms with van der Waals surface area (Å²) in [5.74, 6) is 1.30. The number of hydrogen-bond acceptors (Lipinski definition) is 7. The third-order valence-electron chi connectivity index (χ3n) is 2.71. The maximum absolute atomic E-state index is 8.14. The lowest BCUT2D eigenvalue weighted by Crippen LogP contribution is -2.21. The fraction of sp³-hybridized carbons (Fsp3) is 0.462. The molecule has 9 heteroatoms. The van der Waals surface area contributed by atoms with Crippen LogP contribution in [-0.2, 0) is 4.74 Å². The first-order valence-corrected chi connectivity index (χ1v) is 6.82. The highest BCUT2D eigenvalue weighted by Crippen LogP contribution is 2.29. The molecule has 0 atom stereocenters. The van der Waals surface area contributed by atoms with E-state index in [1.165, 1.54) is 0 Å². The zero-order valence-corrected chi connectivity index (χ0v) is 12.3. The van der Waals surface area contributed by atoms with Crippen LogP contribution in [0.3, 0.4) is 0 Å². The Kier molecular flexibility index (Phi) is 6.16. The first kappa shape index (κ1) is 15.7. The quantitative estimate of drug-likeness (QED) is 0.319. The summed E-state index contributed by atoms with van der Waals surface area (Å²) in [6.07, 6.45) is 0. The Morgan fingerprint density at radius 2 is 2.18 bits per heavy atom. The molecule has 0 saturated carbocycles. The van der Waals surface area contributed by atoms with Gasteiger partial charge < -0.3 is 9.47 Å². The minimum absolute atomic E-state index is 0.319. The van der Waals surface area contributed by atoms with E-state index in [4.69, 9.17) is 15.0 Å². The normalized spacial score (nSPS) is 13.5. The number of amidine groups is 1. The first-order valence-electron chi connectivity index (χ1n) is 6.82. The molecule has 0 aromatic heterocycles. The molecule has 1 aromatic carbocycles. The molecule has 0 amide bonds. The van der Waals surface area contributed by atoms with Crippen molar-refractivity contribution in [3.63, 3.8) is 0 Å². The highest BCUT2D eigenvalue weighted by molar-refractivity contribution is 5.81. The topological polar surface area (TPSA) is 108 Å². The Hall–Kier alpha value is -2.64. The van der Waals surface area contributed by atoms with Gasteiger partial charge in [-0.3, -0.25) is 0 Å². The van der Waals surface area contributed by atoms with Crippen LogP contribution >= 0.6 is 0 Å². The van der Waals surface area contributed by atoms with Crippen molar-refractivity contribution < 1.29 is 9.47 Å². The van der Waals surface area contributed by atoms with Gasteiger partial charge in [0.1, 0.15) is 18.0 Å². The summed E-state index contributed by atoms with van der Waals surface area (Å²) < 4.78 is 11.0. The van der Waals surface area contributed by atoms with E-state index in [-0.39, 0.29) is 0 Å². The Morgan fingerprint density at radius 3 is 3.00 bits per heavy atom. The van der Waals surface area contributed by atoms with Gasteiger partial charge in [-0.05, 0) is 24.6 Å². The van der Waals surface area contributed by atoms with Crippen molar-refractivity contribution >= 4 is 11.5 Å². The first-order chi connectivity index (χ1) is 10.8. The van der Waals surface area contributed by atoms with Gasteiger partial charge in [-0.25, -0.2) is 5.01 Å². The van der Waals surface area contributed by atoms with Crippen molar-refractivity contribution in [3.8, 4) is 5.75 Å². The largest absolute Gasteiger partial charge is 0.489 e. The number of azide groups is 1. The average molecular weight is 303 g/mol. The number of azo groups is 1. The van der Waals surface area contributed by atoms with Crippen LogP contribution in [0.2, 0.25) is 0 Å². The van der Waals surface area contributed by atoms with E-state index in [0.29, 0.717) is 44.6 Å². The maximum Gasteiger partial charge on any atom is 0.167 e. The van der Waals surface area contributed by atoms with Crippen LogP contribution in [0.15, 0.2) is 44.7 Å². The lowest BCUT2D eigenvalue weighted by Gasteiger charge is -2.21. The summed E-state index contributed by atoms with van der Waals surface area (Å²) in [5, 5.41) is 17.3. The van der Waals surface area contributed by atoms with Crippen LogP contribution in [0.25, 0.3) is 10.4 Å². The molecule has 0 bridgehead atoms. The van der Waals surface area contributed by atoms with Crippen molar-refractivity contribution in [3.05, 3.63) is 34.7 Å². The molecule has 0 aliphatic carbocycles. The van der Waals surface area contributed by atoms with Gasteiger partial charge in [0.2, 0.25) is 0 Å². The van der Waals surface area contributed by atoms with E-state index < -0.39 is 0 Å². The van der Waals surface area contributed by atoms with Gasteiger partial charge in [-0.15, -0.1) is 5.11 Å². The molecule has 0 spiro atoms. The van der Waals surface area contributed by atoms with E-state index in [1.54, 1.807) is 11.9 Å². The molecule has 1 aliphatic heterocycles. The Bertz CT molecular complexity index is 596. The highest BCUT2D eigenvalue weighted by atomic mass is 16.5. The molecule has 1 aromatic rings. The molecular formula is C13H17N7O2. The summed E-state index contributed by atoms with van der Waals surface area (Å²) in [7, 11) is 0. The zero-order chi connectivity index (χ0) is 15.6. The van der Waals surface area contributed by atoms with Crippen LogP contribution in [0, 0.1) is 0 Å². The van der Waals surface area contributed by atoms with Gasteiger partial charge in [0.25, 0.3) is 0 Å². The predicted molar refractivity (Wildman–Crippen MR) is 82.1 cm³/mol. The van der Waals surface area contributed by atoms with Crippen molar-refractivity contribution in [1.82, 2.24) is 0 Å². The summed E-state index contributed by atoms with van der Waals surface area (Å²) in [6.45, 7) is 3.66. The number of nitrogens with zero attached hydrogens (tertiary/aromatic N) is 7. The minimum atomic E-state index is 0.319. The lowest BCUT2D eigenvalue weighted by molar-refractivity contribution is 0.106. The van der Waals surface area contributed by atoms with E-state index in [1.807, 2.05) is 24.3 Å². The number of hydrazone groups is 1. The molecule has 1 heterocycles. The van der Waals surface area contributed by atoms with Crippen molar-refractivity contribution in [2.24, 2.45) is 20.4 Å². The average Bonchev–Trinajstić information content (AvgIpc) is 2.54. The van der Waals surface area contributed by atoms with Crippen LogP contribution in [0.5, 0.6) is 5.75 Å². The van der Waals surface area contributed by atoms with Gasteiger partial charge in [-0.1, -0.05) is 17.2 Å². The smallest absolute Gasteiger partial charge is 0.167 e. The third kappa shape index (κ3) is 4.72. The third-order valence-corrected chi connectivity index (χ3v) is 2.71. The zero-order valence-electron chi connectivity index (χ0n) is 12.3. The van der Waals surface area contributed by atoms with Crippen molar-refractivity contribution in [2.75, 3.05) is 38.0 Å². The molecule has 0 saturated heterocycles. The van der Waals surface area contributed by atoms with E-state index in [9.17, 15) is 0 Å². The van der Waals surface area contributed by atoms with Crippen molar-refractivity contribution in [2.45, 2.75) is 6.92 Å². The van der Waals surface area contributed by atoms with Crippen LogP contribution in [0.4, 0.5) is 5.69 Å². The standard InChI is InChI=1S/C13H17N7O2/c1-11-17-16-10-20(18-11)12-4-2-3-5-13(12)22-9-8-21-7-6-15-19-14/h2-5H,6-10H2,1H3. The predicted octanol–water partition coefficient (Wildman–Crippen LogP) is 2.96. The van der Waals surface area contributed by atoms with Gasteiger partial charge in [0, 0.05) is 11.5 Å². The van der Waals surface area contributed by atoms with Gasteiger partial charge in [0.05, 0.1) is 13.2 Å². The number of rotatable bonds is 8. The molecule has 0 fully saturated rings. The number of benzene rings is 1. The lowest BCUT2D eigenvalue weighted by atomic mass is 10.3. The van der Waals surface area contributed by atoms with Crippen molar-refractivity contribution in [1.29, 1.82) is 0 Å². The molecule has 116 valence electrons. The molecule has 9 nitrogen and oxygen atoms in total. The Labute approximate surface area is 127 Å². The molecule has 0 unspecified atom stereocenters. The number of para-hydroxylation sites is 2. The van der Waals surface area contributed by atoms with Crippen LogP contribution < -0.4 is 9.75 Å². The molecule has 22 heavy (non-hydrogen) atoms. The molecule has 0 radical (unpaired) electrons. The molecule has 0 N–H and O–H groups in total.